The summed E-state index contributed by atoms with van der Waals surface area (Å²) in [4.78, 5) is 11.3. The first-order valence-electron chi connectivity index (χ1n) is 9.86. The molecule has 0 N–H and O–H groups in total. The van der Waals surface area contributed by atoms with E-state index in [1.54, 1.807) is 0 Å². The van der Waals surface area contributed by atoms with Crippen LogP contribution in [0.4, 0.5) is 0 Å². The van der Waals surface area contributed by atoms with E-state index in [0.29, 0.717) is 5.41 Å². The molecule has 4 rings (SSSR count). The highest BCUT2D eigenvalue weighted by Gasteiger charge is 2.57. The number of hydrogen-bond donors (Lipinski definition) is 0. The number of aldehydes is 1. The number of carbonyl (C=O) groups is 1. The molecule has 0 spiro atoms. The van der Waals surface area contributed by atoms with E-state index in [1.165, 1.54) is 63.4 Å². The van der Waals surface area contributed by atoms with Crippen LogP contribution in [0.3, 0.4) is 0 Å². The number of carbonyl (C=O) groups excluding carboxylic acids is 1. The molecule has 3 saturated carbocycles. The molecule has 0 amide bonds. The molecule has 126 valence electrons. The summed E-state index contributed by atoms with van der Waals surface area (Å²) in [6.07, 6.45) is 15.9. The van der Waals surface area contributed by atoms with Crippen LogP contribution in [0.1, 0.15) is 71.6 Å². The summed E-state index contributed by atoms with van der Waals surface area (Å²) >= 11 is 0. The molecule has 6 atom stereocenters. The molecule has 0 aromatic carbocycles. The Hall–Kier alpha value is -0.850. The van der Waals surface area contributed by atoms with Crippen molar-refractivity contribution in [2.75, 3.05) is 0 Å². The van der Waals surface area contributed by atoms with Crippen LogP contribution in [0.2, 0.25) is 0 Å². The van der Waals surface area contributed by atoms with Crippen LogP contribution >= 0.6 is 0 Å². The number of allylic oxidation sites excluding steroid dienone is 3. The monoisotopic (exact) mass is 312 g/mol. The van der Waals surface area contributed by atoms with E-state index in [2.05, 4.69) is 26.5 Å². The van der Waals surface area contributed by atoms with Crippen molar-refractivity contribution in [1.82, 2.24) is 0 Å². The Morgan fingerprint density at radius 3 is 2.74 bits per heavy atom. The van der Waals surface area contributed by atoms with Gasteiger partial charge in [-0.15, -0.1) is 0 Å². The maximum absolute atomic E-state index is 11.3. The van der Waals surface area contributed by atoms with Gasteiger partial charge in [-0.2, -0.15) is 0 Å². The Kier molecular flexibility index (Phi) is 3.63. The molecule has 0 radical (unpaired) electrons. The topological polar surface area (TPSA) is 17.1 Å². The van der Waals surface area contributed by atoms with Crippen LogP contribution in [0.15, 0.2) is 23.8 Å². The lowest BCUT2D eigenvalue weighted by atomic mass is 9.45. The van der Waals surface area contributed by atoms with E-state index >= 15 is 0 Å². The molecule has 4 aliphatic rings. The number of hydrogen-bond acceptors (Lipinski definition) is 1. The molecule has 0 aromatic rings. The minimum Gasteiger partial charge on any atom is -0.298 e. The Labute approximate surface area is 141 Å². The van der Waals surface area contributed by atoms with Gasteiger partial charge >= 0.3 is 0 Å². The average Bonchev–Trinajstić information content (AvgIpc) is 2.91. The molecule has 0 saturated heterocycles. The zero-order valence-electron chi connectivity index (χ0n) is 14.9. The van der Waals surface area contributed by atoms with Crippen molar-refractivity contribution in [3.63, 3.8) is 0 Å². The van der Waals surface area contributed by atoms with Crippen LogP contribution in [0.5, 0.6) is 0 Å². The second kappa shape index (κ2) is 5.33. The summed E-state index contributed by atoms with van der Waals surface area (Å²) < 4.78 is 0. The lowest BCUT2D eigenvalue weighted by Crippen LogP contribution is -2.52. The third-order valence-electron chi connectivity index (χ3n) is 8.65. The fourth-order valence-corrected chi connectivity index (χ4v) is 7.42. The Balaban J connectivity index is 1.63. The zero-order valence-corrected chi connectivity index (χ0v) is 14.9. The first-order chi connectivity index (χ1) is 11.0. The van der Waals surface area contributed by atoms with E-state index < -0.39 is 0 Å². The lowest BCUT2D eigenvalue weighted by Gasteiger charge is -2.60. The van der Waals surface area contributed by atoms with Gasteiger partial charge in [0.05, 0.1) is 0 Å². The van der Waals surface area contributed by atoms with Crippen molar-refractivity contribution < 1.29 is 4.79 Å². The maximum atomic E-state index is 11.3. The van der Waals surface area contributed by atoms with E-state index in [4.69, 9.17) is 0 Å². The summed E-state index contributed by atoms with van der Waals surface area (Å²) in [5.74, 6) is 3.55. The second-order valence-corrected chi connectivity index (χ2v) is 9.36. The lowest BCUT2D eigenvalue weighted by molar-refractivity contribution is -0.106. The van der Waals surface area contributed by atoms with Gasteiger partial charge in [0, 0.05) is 5.57 Å². The molecule has 1 unspecified atom stereocenters. The first-order valence-corrected chi connectivity index (χ1v) is 9.86. The van der Waals surface area contributed by atoms with Crippen LogP contribution < -0.4 is 0 Å². The van der Waals surface area contributed by atoms with Crippen molar-refractivity contribution in [1.29, 1.82) is 0 Å². The van der Waals surface area contributed by atoms with Gasteiger partial charge < -0.3 is 0 Å². The molecule has 0 bridgehead atoms. The van der Waals surface area contributed by atoms with E-state index in [-0.39, 0.29) is 5.41 Å². The standard InChI is InChI=1S/C22H32O/c1-15(14-23)18-9-10-19-17-8-7-16-6-4-5-12-21(16,2)20(17)11-13-22(18,19)3/h9,14,16-17,19-20H,1,4-8,10-13H2,2-3H3/t16?,17-,19-,20-,21-,22+/m0/s1. The van der Waals surface area contributed by atoms with Crippen molar-refractivity contribution >= 4 is 6.29 Å². The van der Waals surface area contributed by atoms with Crippen molar-refractivity contribution in [2.45, 2.75) is 71.6 Å². The smallest absolute Gasteiger partial charge is 0.149 e. The fourth-order valence-electron chi connectivity index (χ4n) is 7.42. The summed E-state index contributed by atoms with van der Waals surface area (Å²) in [7, 11) is 0. The Morgan fingerprint density at radius 2 is 1.96 bits per heavy atom. The largest absolute Gasteiger partial charge is 0.298 e. The normalized spacial score (nSPS) is 48.7. The molecule has 4 aliphatic carbocycles. The fraction of sp³-hybridized carbons (Fsp3) is 0.773. The van der Waals surface area contributed by atoms with Gasteiger partial charge in [0.2, 0.25) is 0 Å². The van der Waals surface area contributed by atoms with Gasteiger partial charge in [0.15, 0.2) is 0 Å². The highest BCUT2D eigenvalue weighted by molar-refractivity contribution is 5.80. The maximum Gasteiger partial charge on any atom is 0.149 e. The van der Waals surface area contributed by atoms with E-state index in [1.807, 2.05) is 0 Å². The molecule has 0 aromatic heterocycles. The van der Waals surface area contributed by atoms with E-state index in [0.717, 1.165) is 35.5 Å². The highest BCUT2D eigenvalue weighted by Crippen LogP contribution is 2.66. The van der Waals surface area contributed by atoms with Gasteiger partial charge in [0.1, 0.15) is 6.29 Å². The summed E-state index contributed by atoms with van der Waals surface area (Å²) in [6.45, 7) is 9.09. The molecular formula is C22H32O. The summed E-state index contributed by atoms with van der Waals surface area (Å²) in [6, 6.07) is 0. The summed E-state index contributed by atoms with van der Waals surface area (Å²) in [5, 5.41) is 0. The highest BCUT2D eigenvalue weighted by atomic mass is 16.1. The molecular weight excluding hydrogens is 280 g/mol. The molecule has 23 heavy (non-hydrogen) atoms. The third kappa shape index (κ3) is 2.07. The van der Waals surface area contributed by atoms with Gasteiger partial charge in [0.25, 0.3) is 0 Å². The van der Waals surface area contributed by atoms with Crippen molar-refractivity contribution in [2.24, 2.45) is 34.5 Å². The minimum absolute atomic E-state index is 0.219. The second-order valence-electron chi connectivity index (χ2n) is 9.36. The van der Waals surface area contributed by atoms with Crippen LogP contribution in [-0.4, -0.2) is 6.29 Å². The molecule has 1 nitrogen and oxygen atoms in total. The minimum atomic E-state index is 0.219. The van der Waals surface area contributed by atoms with Crippen molar-refractivity contribution in [3.8, 4) is 0 Å². The SMILES string of the molecule is C=C(C=O)C1=CC[C@H]2[C@@H]3CCC4CCCC[C@]4(C)[C@H]3CC[C@]12C. The molecule has 0 aliphatic heterocycles. The van der Waals surface area contributed by atoms with Gasteiger partial charge in [-0.3, -0.25) is 4.79 Å². The Morgan fingerprint density at radius 1 is 1.13 bits per heavy atom. The predicted octanol–water partition coefficient (Wildman–Crippen LogP) is 5.71. The van der Waals surface area contributed by atoms with Crippen LogP contribution in [0, 0.1) is 34.5 Å². The number of rotatable bonds is 2. The molecule has 0 heterocycles. The predicted molar refractivity (Wildman–Crippen MR) is 95.0 cm³/mol. The quantitative estimate of drug-likeness (QED) is 0.471. The van der Waals surface area contributed by atoms with Crippen LogP contribution in [-0.2, 0) is 4.79 Å². The summed E-state index contributed by atoms with van der Waals surface area (Å²) in [5.41, 5.74) is 2.85. The third-order valence-corrected chi connectivity index (χ3v) is 8.65. The molecule has 3 fully saturated rings. The average molecular weight is 312 g/mol. The van der Waals surface area contributed by atoms with Crippen LogP contribution in [0.25, 0.3) is 0 Å². The van der Waals surface area contributed by atoms with Crippen molar-refractivity contribution in [3.05, 3.63) is 23.8 Å². The number of fused-ring (bicyclic) bond motifs is 5. The van der Waals surface area contributed by atoms with Gasteiger partial charge in [-0.05, 0) is 85.0 Å². The van der Waals surface area contributed by atoms with Gasteiger partial charge in [-0.1, -0.05) is 39.3 Å². The van der Waals surface area contributed by atoms with E-state index in [9.17, 15) is 4.79 Å². The Bertz CT molecular complexity index is 558. The molecule has 1 heteroatoms. The zero-order chi connectivity index (χ0) is 16.2. The van der Waals surface area contributed by atoms with Gasteiger partial charge in [-0.25, -0.2) is 0 Å². The first kappa shape index (κ1) is 15.7.